The third kappa shape index (κ3) is 5.76. The lowest BCUT2D eigenvalue weighted by atomic mass is 10.2. The van der Waals surface area contributed by atoms with E-state index in [1.807, 2.05) is 18.2 Å². The van der Waals surface area contributed by atoms with Crippen molar-refractivity contribution < 1.29 is 19.1 Å². The van der Waals surface area contributed by atoms with Crippen molar-refractivity contribution in [3.8, 4) is 5.75 Å². The zero-order valence-electron chi connectivity index (χ0n) is 19.5. The third-order valence-corrected chi connectivity index (χ3v) is 5.35. The molecular weight excluding hydrogens is 450 g/mol. The van der Waals surface area contributed by atoms with Crippen molar-refractivity contribution in [3.05, 3.63) is 54.2 Å². The van der Waals surface area contributed by atoms with Gasteiger partial charge in [0.25, 0.3) is 5.91 Å². The van der Waals surface area contributed by atoms with Crippen molar-refractivity contribution in [2.45, 2.75) is 6.92 Å². The lowest BCUT2D eigenvalue weighted by molar-refractivity contribution is -0.114. The molecule has 5 N–H and O–H groups in total. The summed E-state index contributed by atoms with van der Waals surface area (Å²) in [6, 6.07) is 12.9. The quantitative estimate of drug-likeness (QED) is 0.385. The number of hydrogen-bond donors (Lipinski definition) is 4. The minimum absolute atomic E-state index is 0.0998. The number of primary amides is 1. The topological polar surface area (TPSA) is 144 Å². The minimum atomic E-state index is -0.691. The lowest BCUT2D eigenvalue weighted by Gasteiger charge is -2.29. The Labute approximate surface area is 202 Å². The fourth-order valence-electron chi connectivity index (χ4n) is 3.66. The van der Waals surface area contributed by atoms with Crippen LogP contribution in [0.4, 0.5) is 34.5 Å². The van der Waals surface area contributed by atoms with E-state index in [0.717, 1.165) is 18.8 Å². The fourth-order valence-corrected chi connectivity index (χ4v) is 3.66. The van der Waals surface area contributed by atoms with Crippen LogP contribution < -0.4 is 31.3 Å². The van der Waals surface area contributed by atoms with Gasteiger partial charge in [-0.2, -0.15) is 4.98 Å². The summed E-state index contributed by atoms with van der Waals surface area (Å²) in [6.07, 6.45) is 1.34. The number of aromatic nitrogens is 2. The molecular formula is C24H27N7O4. The highest BCUT2D eigenvalue weighted by Crippen LogP contribution is 2.33. The number of nitrogens with zero attached hydrogens (tertiary/aromatic N) is 3. The van der Waals surface area contributed by atoms with Gasteiger partial charge in [0, 0.05) is 38.0 Å². The van der Waals surface area contributed by atoms with Crippen LogP contribution in [0.5, 0.6) is 5.75 Å². The van der Waals surface area contributed by atoms with Crippen LogP contribution in [-0.2, 0) is 9.53 Å². The minimum Gasteiger partial charge on any atom is -0.494 e. The molecule has 1 aromatic heterocycles. The Kier molecular flexibility index (Phi) is 7.27. The Bertz CT molecular complexity index is 1230. The van der Waals surface area contributed by atoms with E-state index in [9.17, 15) is 9.59 Å². The molecule has 2 heterocycles. The van der Waals surface area contributed by atoms with E-state index in [4.69, 9.17) is 15.2 Å². The summed E-state index contributed by atoms with van der Waals surface area (Å²) in [5.41, 5.74) is 8.39. The molecule has 11 nitrogen and oxygen atoms in total. The van der Waals surface area contributed by atoms with Gasteiger partial charge in [-0.25, -0.2) is 4.98 Å². The molecule has 11 heteroatoms. The molecule has 0 bridgehead atoms. The lowest BCUT2D eigenvalue weighted by Crippen LogP contribution is -2.36. The maximum Gasteiger partial charge on any atom is 0.254 e. The van der Waals surface area contributed by atoms with Crippen LogP contribution in [0, 0.1) is 0 Å². The second-order valence-corrected chi connectivity index (χ2v) is 7.78. The molecule has 0 atom stereocenters. The molecule has 2 aromatic carbocycles. The van der Waals surface area contributed by atoms with Crippen LogP contribution in [0.25, 0.3) is 0 Å². The molecule has 0 aliphatic carbocycles. The predicted octanol–water partition coefficient (Wildman–Crippen LogP) is 2.87. The van der Waals surface area contributed by atoms with E-state index in [1.165, 1.54) is 13.1 Å². The molecule has 1 aliphatic heterocycles. The molecule has 1 aliphatic rings. The largest absolute Gasteiger partial charge is 0.494 e. The number of amides is 2. The summed E-state index contributed by atoms with van der Waals surface area (Å²) in [5, 5.41) is 8.96. The van der Waals surface area contributed by atoms with Crippen molar-refractivity contribution in [1.82, 2.24) is 9.97 Å². The van der Waals surface area contributed by atoms with Gasteiger partial charge in [0.1, 0.15) is 17.1 Å². The highest BCUT2D eigenvalue weighted by Gasteiger charge is 2.17. The number of para-hydroxylation sites is 2. The maximum absolute atomic E-state index is 12.0. The molecule has 4 rings (SSSR count). The Hall–Kier alpha value is -4.38. The van der Waals surface area contributed by atoms with E-state index in [-0.39, 0.29) is 23.2 Å². The number of carbonyl (C=O) groups excluding carboxylic acids is 2. The van der Waals surface area contributed by atoms with E-state index in [0.29, 0.717) is 36.0 Å². The summed E-state index contributed by atoms with van der Waals surface area (Å²) in [4.78, 5) is 34.5. The Morgan fingerprint density at radius 3 is 2.49 bits per heavy atom. The predicted molar refractivity (Wildman–Crippen MR) is 134 cm³/mol. The first-order valence-corrected chi connectivity index (χ1v) is 11.0. The molecule has 182 valence electrons. The first kappa shape index (κ1) is 23.8. The number of hydrogen-bond acceptors (Lipinski definition) is 9. The smallest absolute Gasteiger partial charge is 0.254 e. The van der Waals surface area contributed by atoms with Gasteiger partial charge in [0.05, 0.1) is 37.4 Å². The molecule has 1 fully saturated rings. The molecule has 3 aromatic rings. The van der Waals surface area contributed by atoms with Crippen LogP contribution in [-0.4, -0.2) is 55.2 Å². The van der Waals surface area contributed by atoms with Crippen LogP contribution in [0.1, 0.15) is 17.3 Å². The average Bonchev–Trinajstić information content (AvgIpc) is 2.85. The van der Waals surface area contributed by atoms with Gasteiger partial charge in [-0.05, 0) is 24.3 Å². The van der Waals surface area contributed by atoms with E-state index in [1.54, 1.807) is 31.4 Å². The van der Waals surface area contributed by atoms with Crippen molar-refractivity contribution in [2.24, 2.45) is 5.73 Å². The van der Waals surface area contributed by atoms with Gasteiger partial charge in [-0.15, -0.1) is 0 Å². The Morgan fingerprint density at radius 2 is 1.80 bits per heavy atom. The zero-order valence-corrected chi connectivity index (χ0v) is 19.5. The summed E-state index contributed by atoms with van der Waals surface area (Å²) in [5.74, 6) is 0.112. The first-order valence-electron chi connectivity index (χ1n) is 11.0. The summed E-state index contributed by atoms with van der Waals surface area (Å²) in [7, 11) is 1.59. The number of nitrogens with one attached hydrogen (secondary N) is 3. The molecule has 0 saturated carbocycles. The first-order chi connectivity index (χ1) is 16.9. The van der Waals surface area contributed by atoms with E-state index >= 15 is 0 Å². The number of anilines is 6. The van der Waals surface area contributed by atoms with Gasteiger partial charge in [0.2, 0.25) is 11.9 Å². The number of benzene rings is 2. The highest BCUT2D eigenvalue weighted by atomic mass is 16.5. The van der Waals surface area contributed by atoms with E-state index in [2.05, 4.69) is 30.8 Å². The summed E-state index contributed by atoms with van der Waals surface area (Å²) >= 11 is 0. The van der Waals surface area contributed by atoms with Crippen LogP contribution in [0.15, 0.2) is 48.7 Å². The Balaban J connectivity index is 1.62. The molecule has 1 saturated heterocycles. The fraction of sp³-hybridized carbons (Fsp3) is 0.250. The average molecular weight is 478 g/mol. The second kappa shape index (κ2) is 10.7. The van der Waals surface area contributed by atoms with Crippen LogP contribution in [0.2, 0.25) is 0 Å². The van der Waals surface area contributed by atoms with Crippen molar-refractivity contribution in [1.29, 1.82) is 0 Å². The standard InChI is InChI=1S/C24H27N7O4/c1-15(32)27-18-5-3-4-6-19(18)28-23-17(22(25)33)14-26-24(30-23)29-20-8-7-16(13-21(20)34-2)31-9-11-35-12-10-31/h3-8,13-14H,9-12H2,1-2H3,(H2,25,33)(H,27,32)(H2,26,28,29,30). The monoisotopic (exact) mass is 477 g/mol. The molecule has 0 radical (unpaired) electrons. The number of methoxy groups -OCH3 is 1. The van der Waals surface area contributed by atoms with Crippen LogP contribution in [0.3, 0.4) is 0 Å². The molecule has 0 unspecified atom stereocenters. The van der Waals surface area contributed by atoms with E-state index < -0.39 is 5.91 Å². The SMILES string of the molecule is COc1cc(N2CCOCC2)ccc1Nc1ncc(C(N)=O)c(Nc2ccccc2NC(C)=O)n1. The zero-order chi connectivity index (χ0) is 24.8. The highest BCUT2D eigenvalue weighted by molar-refractivity contribution is 5.99. The maximum atomic E-state index is 12.0. The Morgan fingerprint density at radius 1 is 1.06 bits per heavy atom. The van der Waals surface area contributed by atoms with Crippen molar-refractivity contribution in [3.63, 3.8) is 0 Å². The molecule has 2 amide bonds. The molecule has 35 heavy (non-hydrogen) atoms. The van der Waals surface area contributed by atoms with Gasteiger partial charge >= 0.3 is 0 Å². The molecule has 0 spiro atoms. The van der Waals surface area contributed by atoms with Gasteiger partial charge < -0.3 is 36.1 Å². The van der Waals surface area contributed by atoms with Crippen molar-refractivity contribution >= 4 is 46.3 Å². The second-order valence-electron chi connectivity index (χ2n) is 7.78. The number of ether oxygens (including phenoxy) is 2. The normalized spacial score (nSPS) is 13.1. The van der Waals surface area contributed by atoms with Gasteiger partial charge in [-0.1, -0.05) is 12.1 Å². The number of rotatable bonds is 8. The number of morpholine rings is 1. The number of carbonyl (C=O) groups is 2. The van der Waals surface area contributed by atoms with Crippen molar-refractivity contribution in [2.75, 3.05) is 54.3 Å². The summed E-state index contributed by atoms with van der Waals surface area (Å²) in [6.45, 7) is 4.40. The van der Waals surface area contributed by atoms with Crippen LogP contribution >= 0.6 is 0 Å². The third-order valence-electron chi connectivity index (χ3n) is 5.35. The summed E-state index contributed by atoms with van der Waals surface area (Å²) < 4.78 is 11.0. The van der Waals surface area contributed by atoms with Gasteiger partial charge in [-0.3, -0.25) is 9.59 Å². The van der Waals surface area contributed by atoms with Gasteiger partial charge in [0.15, 0.2) is 0 Å². The number of nitrogens with two attached hydrogens (primary N) is 1.